The van der Waals surface area contributed by atoms with E-state index in [0.717, 1.165) is 23.1 Å². The maximum atomic E-state index is 6.92. The van der Waals surface area contributed by atoms with Crippen LogP contribution >= 0.6 is 0 Å². The molecule has 1 aliphatic carbocycles. The summed E-state index contributed by atoms with van der Waals surface area (Å²) >= 11 is 0. The highest BCUT2D eigenvalue weighted by molar-refractivity contribution is 5.15. The maximum Gasteiger partial charge on any atom is 0.187 e. The van der Waals surface area contributed by atoms with Crippen molar-refractivity contribution in [3.63, 3.8) is 0 Å². The summed E-state index contributed by atoms with van der Waals surface area (Å²) in [4.78, 5) is 0. The van der Waals surface area contributed by atoms with Gasteiger partial charge in [-0.15, -0.1) is 0 Å². The Bertz CT molecular complexity index is 1140. The SMILES string of the molecule is CCCC[C@H]1CCCC[C@H]1O[C@@H]1O[C@H](C)[C@H](OCc2ccccc2)[C@H](OCc2ccccc2)[C@H]1OCc1ccccc1. The molecule has 0 bridgehead atoms. The van der Waals surface area contributed by atoms with Gasteiger partial charge in [-0.1, -0.05) is 124 Å². The van der Waals surface area contributed by atoms with E-state index in [-0.39, 0.29) is 24.4 Å². The van der Waals surface area contributed by atoms with E-state index < -0.39 is 12.4 Å². The Morgan fingerprint density at radius 3 is 1.69 bits per heavy atom. The molecule has 1 saturated carbocycles. The van der Waals surface area contributed by atoms with Gasteiger partial charge in [0.05, 0.1) is 32.0 Å². The minimum absolute atomic E-state index is 0.168. The Labute approximate surface area is 252 Å². The molecular formula is C37H48O5. The zero-order valence-electron chi connectivity index (χ0n) is 25.3. The summed E-state index contributed by atoms with van der Waals surface area (Å²) in [5.74, 6) is 0.558. The molecule has 7 atom stereocenters. The first-order valence-electron chi connectivity index (χ1n) is 16.0. The van der Waals surface area contributed by atoms with Gasteiger partial charge >= 0.3 is 0 Å². The van der Waals surface area contributed by atoms with Crippen LogP contribution in [0.15, 0.2) is 91.0 Å². The fourth-order valence-corrected chi connectivity index (χ4v) is 6.30. The molecule has 5 rings (SSSR count). The van der Waals surface area contributed by atoms with Gasteiger partial charge < -0.3 is 23.7 Å². The van der Waals surface area contributed by atoms with Crippen LogP contribution in [-0.4, -0.2) is 36.8 Å². The summed E-state index contributed by atoms with van der Waals surface area (Å²) in [7, 11) is 0. The van der Waals surface area contributed by atoms with Crippen molar-refractivity contribution in [3.8, 4) is 0 Å². The fraction of sp³-hybridized carbons (Fsp3) is 0.514. The van der Waals surface area contributed by atoms with Gasteiger partial charge in [0.2, 0.25) is 0 Å². The Hall–Kier alpha value is -2.54. The lowest BCUT2D eigenvalue weighted by Crippen LogP contribution is -2.60. The molecule has 1 heterocycles. The third kappa shape index (κ3) is 8.75. The Kier molecular flexibility index (Phi) is 12.0. The highest BCUT2D eigenvalue weighted by atomic mass is 16.7. The summed E-state index contributed by atoms with van der Waals surface area (Å²) in [6, 6.07) is 30.9. The third-order valence-corrected chi connectivity index (χ3v) is 8.66. The van der Waals surface area contributed by atoms with Crippen LogP contribution in [-0.2, 0) is 43.5 Å². The molecule has 0 N–H and O–H groups in total. The average molecular weight is 573 g/mol. The van der Waals surface area contributed by atoms with Gasteiger partial charge in [-0.2, -0.15) is 0 Å². The minimum Gasteiger partial charge on any atom is -0.368 e. The number of hydrogen-bond acceptors (Lipinski definition) is 5. The molecule has 0 spiro atoms. The molecule has 0 unspecified atom stereocenters. The molecule has 5 heteroatoms. The number of ether oxygens (including phenoxy) is 5. The zero-order chi connectivity index (χ0) is 29.0. The quantitative estimate of drug-likeness (QED) is 0.195. The molecule has 3 aromatic carbocycles. The van der Waals surface area contributed by atoms with Crippen LogP contribution in [0.25, 0.3) is 0 Å². The van der Waals surface area contributed by atoms with E-state index in [0.29, 0.717) is 25.7 Å². The van der Waals surface area contributed by atoms with Gasteiger partial charge in [0, 0.05) is 0 Å². The third-order valence-electron chi connectivity index (χ3n) is 8.66. The first kappa shape index (κ1) is 30.9. The van der Waals surface area contributed by atoms with Crippen molar-refractivity contribution in [2.24, 2.45) is 5.92 Å². The van der Waals surface area contributed by atoms with Crippen molar-refractivity contribution in [2.75, 3.05) is 0 Å². The number of rotatable bonds is 14. The van der Waals surface area contributed by atoms with E-state index in [1.54, 1.807) is 0 Å². The smallest absolute Gasteiger partial charge is 0.187 e. The van der Waals surface area contributed by atoms with Crippen molar-refractivity contribution in [3.05, 3.63) is 108 Å². The molecule has 0 aromatic heterocycles. The number of unbranched alkanes of at least 4 members (excludes halogenated alkanes) is 1. The molecular weight excluding hydrogens is 524 g/mol. The number of hydrogen-bond donors (Lipinski definition) is 0. The van der Waals surface area contributed by atoms with Gasteiger partial charge in [-0.3, -0.25) is 0 Å². The van der Waals surface area contributed by atoms with Crippen LogP contribution in [0.5, 0.6) is 0 Å². The summed E-state index contributed by atoms with van der Waals surface area (Å²) in [5.41, 5.74) is 3.34. The van der Waals surface area contributed by atoms with E-state index in [9.17, 15) is 0 Å². The molecule has 5 nitrogen and oxygen atoms in total. The molecule has 0 radical (unpaired) electrons. The molecule has 1 saturated heterocycles. The second kappa shape index (κ2) is 16.3. The lowest BCUT2D eigenvalue weighted by atomic mass is 9.83. The molecule has 3 aromatic rings. The van der Waals surface area contributed by atoms with Crippen LogP contribution in [0.4, 0.5) is 0 Å². The summed E-state index contributed by atoms with van der Waals surface area (Å²) in [5, 5.41) is 0. The zero-order valence-corrected chi connectivity index (χ0v) is 25.3. The van der Waals surface area contributed by atoms with Crippen LogP contribution < -0.4 is 0 Å². The van der Waals surface area contributed by atoms with Gasteiger partial charge in [-0.05, 0) is 48.8 Å². The van der Waals surface area contributed by atoms with Crippen LogP contribution in [0.2, 0.25) is 0 Å². The van der Waals surface area contributed by atoms with Crippen LogP contribution in [0.1, 0.15) is 75.5 Å². The number of benzene rings is 3. The highest BCUT2D eigenvalue weighted by Gasteiger charge is 2.48. The average Bonchev–Trinajstić information content (AvgIpc) is 3.04. The van der Waals surface area contributed by atoms with Gasteiger partial charge in [0.15, 0.2) is 6.29 Å². The maximum absolute atomic E-state index is 6.92. The molecule has 2 aliphatic rings. The van der Waals surface area contributed by atoms with Crippen molar-refractivity contribution < 1.29 is 23.7 Å². The molecule has 42 heavy (non-hydrogen) atoms. The molecule has 1 aliphatic heterocycles. The minimum atomic E-state index is -0.534. The second-order valence-corrected chi connectivity index (χ2v) is 11.9. The normalized spacial score (nSPS) is 28.0. The van der Waals surface area contributed by atoms with Crippen molar-refractivity contribution >= 4 is 0 Å². The molecule has 226 valence electrons. The van der Waals surface area contributed by atoms with Crippen LogP contribution in [0.3, 0.4) is 0 Å². The van der Waals surface area contributed by atoms with E-state index >= 15 is 0 Å². The van der Waals surface area contributed by atoms with E-state index in [2.05, 4.69) is 50.2 Å². The van der Waals surface area contributed by atoms with Gasteiger partial charge in [0.1, 0.15) is 18.3 Å². The summed E-state index contributed by atoms with van der Waals surface area (Å²) in [6.45, 7) is 5.73. The van der Waals surface area contributed by atoms with Gasteiger partial charge in [0.25, 0.3) is 0 Å². The predicted octanol–water partition coefficient (Wildman–Crippen LogP) is 8.25. The Morgan fingerprint density at radius 2 is 1.14 bits per heavy atom. The largest absolute Gasteiger partial charge is 0.368 e. The van der Waals surface area contributed by atoms with Crippen LogP contribution in [0, 0.1) is 5.92 Å². The van der Waals surface area contributed by atoms with Crippen molar-refractivity contribution in [1.82, 2.24) is 0 Å². The van der Waals surface area contributed by atoms with Crippen molar-refractivity contribution in [2.45, 2.75) is 115 Å². The van der Waals surface area contributed by atoms with E-state index in [1.807, 2.05) is 54.6 Å². The lowest BCUT2D eigenvalue weighted by Gasteiger charge is -2.47. The lowest BCUT2D eigenvalue weighted by molar-refractivity contribution is -0.333. The second-order valence-electron chi connectivity index (χ2n) is 11.9. The summed E-state index contributed by atoms with van der Waals surface area (Å²) < 4.78 is 33.6. The highest BCUT2D eigenvalue weighted by Crippen LogP contribution is 2.36. The topological polar surface area (TPSA) is 46.2 Å². The molecule has 0 amide bonds. The summed E-state index contributed by atoms with van der Waals surface area (Å²) in [6.07, 6.45) is 6.68. The monoisotopic (exact) mass is 572 g/mol. The molecule has 2 fully saturated rings. The first-order valence-corrected chi connectivity index (χ1v) is 16.0. The predicted molar refractivity (Wildman–Crippen MR) is 166 cm³/mol. The van der Waals surface area contributed by atoms with E-state index in [4.69, 9.17) is 23.7 Å². The first-order chi connectivity index (χ1) is 20.7. The standard InChI is InChI=1S/C37H48O5/c1-3-4-22-32-23-14-15-24-33(32)42-37-36(40-27-31-20-12-7-13-21-31)35(39-26-30-18-10-6-11-19-30)34(28(2)41-37)38-25-29-16-8-5-9-17-29/h5-13,16-21,28,32-37H,3-4,14-15,22-27H2,1-2H3/t28-,32+,33-,34+,35+,36-,37+/m1/s1. The Morgan fingerprint density at radius 1 is 0.643 bits per heavy atom. The van der Waals surface area contributed by atoms with Crippen molar-refractivity contribution in [1.29, 1.82) is 0 Å². The Balaban J connectivity index is 1.40. The fourth-order valence-electron chi connectivity index (χ4n) is 6.30. The van der Waals surface area contributed by atoms with E-state index in [1.165, 1.54) is 38.5 Å². The van der Waals surface area contributed by atoms with Gasteiger partial charge in [-0.25, -0.2) is 0 Å².